The molecule has 0 fully saturated rings. The Bertz CT molecular complexity index is 82.1. The molecule has 0 aliphatic carbocycles. The molecule has 6 nitrogen and oxygen atoms in total. The smallest absolute Gasteiger partial charge is 0.329 e. The van der Waals surface area contributed by atoms with Gasteiger partial charge in [-0.3, -0.25) is 0 Å². The maximum absolute atomic E-state index is 9.47. The molecular weight excluding hydrogens is 168 g/mol. The lowest BCUT2D eigenvalue weighted by atomic mass is 10.8. The molecule has 0 aliphatic rings. The highest BCUT2D eigenvalue weighted by molar-refractivity contribution is 5.67. The van der Waals surface area contributed by atoms with Crippen molar-refractivity contribution in [3.05, 3.63) is 0 Å². The first-order valence-corrected chi connectivity index (χ1v) is 2.99. The fraction of sp³-hybridized carbons (Fsp3) is 0.833. The summed E-state index contributed by atoms with van der Waals surface area (Å²) in [5.41, 5.74) is 0. The molecule has 0 aliphatic heterocycles. The Hall–Kier alpha value is -0.690. The number of hydrogen-bond donors (Lipinski definition) is 2. The van der Waals surface area contributed by atoms with Crippen LogP contribution in [0.1, 0.15) is 0 Å². The highest BCUT2D eigenvalue weighted by Gasteiger charge is 1.87. The molecule has 12 heavy (non-hydrogen) atoms. The van der Waals surface area contributed by atoms with Crippen LogP contribution in [0.3, 0.4) is 0 Å². The Morgan fingerprint density at radius 1 is 1.33 bits per heavy atom. The highest BCUT2D eigenvalue weighted by Crippen LogP contribution is 1.61. The van der Waals surface area contributed by atoms with E-state index in [2.05, 4.69) is 9.47 Å². The molecule has 0 atom stereocenters. The summed E-state index contributed by atoms with van der Waals surface area (Å²) >= 11 is 0. The second kappa shape index (κ2) is 16.7. The molecule has 0 unspecified atom stereocenters. The van der Waals surface area contributed by atoms with Crippen molar-refractivity contribution in [2.45, 2.75) is 0 Å². The van der Waals surface area contributed by atoms with Gasteiger partial charge in [-0.2, -0.15) is 0 Å². The minimum atomic E-state index is -0.933. The highest BCUT2D eigenvalue weighted by atomic mass is 16.5. The van der Waals surface area contributed by atoms with Gasteiger partial charge in [0.2, 0.25) is 0 Å². The molecule has 0 aromatic heterocycles. The summed E-state index contributed by atoms with van der Waals surface area (Å²) in [6.07, 6.45) is 0. The zero-order valence-electron chi connectivity index (χ0n) is 7.24. The van der Waals surface area contributed by atoms with Gasteiger partial charge in [0.15, 0.2) is 0 Å². The number of methoxy groups -OCH3 is 2. The van der Waals surface area contributed by atoms with Crippen molar-refractivity contribution in [2.24, 2.45) is 0 Å². The average Bonchev–Trinajstić information content (AvgIpc) is 1.90. The van der Waals surface area contributed by atoms with Crippen molar-refractivity contribution in [3.8, 4) is 0 Å². The monoisotopic (exact) mass is 184 g/mol. The second-order valence-corrected chi connectivity index (χ2v) is 1.54. The van der Waals surface area contributed by atoms with Crippen molar-refractivity contribution in [3.63, 3.8) is 0 Å². The van der Waals surface area contributed by atoms with E-state index in [1.165, 1.54) is 7.11 Å². The summed E-state index contributed by atoms with van der Waals surface area (Å²) in [5.74, 6) is -0.933. The quantitative estimate of drug-likeness (QED) is 0.553. The van der Waals surface area contributed by atoms with Crippen LogP contribution in [0.2, 0.25) is 0 Å². The summed E-state index contributed by atoms with van der Waals surface area (Å²) in [5, 5.41) is 15.7. The van der Waals surface area contributed by atoms with Crippen LogP contribution in [0, 0.1) is 0 Å². The van der Waals surface area contributed by atoms with Crippen LogP contribution in [-0.2, 0) is 14.3 Å². The lowest BCUT2D eigenvalue weighted by molar-refractivity contribution is -0.141. The number of aliphatic carboxylic acids is 1. The summed E-state index contributed by atoms with van der Waals surface area (Å²) in [6.45, 7) is 0.358. The number of carbonyl (C=O) groups is 1. The molecular formula is C6H16O6. The molecule has 0 aromatic rings. The Kier molecular flexibility index (Phi) is 24.3. The average molecular weight is 184 g/mol. The van der Waals surface area contributed by atoms with E-state index >= 15 is 0 Å². The predicted octanol–water partition coefficient (Wildman–Crippen LogP) is -1.48. The van der Waals surface area contributed by atoms with Crippen LogP contribution in [0.25, 0.3) is 0 Å². The topological polar surface area (TPSA) is 107 Å². The normalized spacial score (nSPS) is 7.58. The van der Waals surface area contributed by atoms with Crippen molar-refractivity contribution in [2.75, 3.05) is 34.0 Å². The van der Waals surface area contributed by atoms with Crippen LogP contribution in [0.5, 0.6) is 0 Å². The molecule has 6 heteroatoms. The second-order valence-electron chi connectivity index (χ2n) is 1.54. The molecule has 4 N–H and O–H groups in total. The number of aliphatic hydroxyl groups excluding tert-OH is 1. The van der Waals surface area contributed by atoms with Crippen LogP contribution in [0.4, 0.5) is 0 Å². The van der Waals surface area contributed by atoms with Gasteiger partial charge in [-0.15, -0.1) is 0 Å². The van der Waals surface area contributed by atoms with E-state index in [4.69, 9.17) is 10.2 Å². The van der Waals surface area contributed by atoms with E-state index in [1.54, 1.807) is 7.11 Å². The first-order chi connectivity index (χ1) is 5.18. The van der Waals surface area contributed by atoms with E-state index in [-0.39, 0.29) is 18.7 Å². The summed E-state index contributed by atoms with van der Waals surface area (Å²) in [4.78, 5) is 9.47. The zero-order valence-corrected chi connectivity index (χ0v) is 7.24. The number of hydrogen-bond acceptors (Lipinski definition) is 4. The van der Waals surface area contributed by atoms with Gasteiger partial charge in [0.25, 0.3) is 0 Å². The number of carboxylic acids is 1. The molecule has 0 radical (unpaired) electrons. The third-order valence-corrected chi connectivity index (χ3v) is 0.563. The fourth-order valence-corrected chi connectivity index (χ4v) is 0.215. The third-order valence-electron chi connectivity index (χ3n) is 0.563. The van der Waals surface area contributed by atoms with Gasteiger partial charge in [0, 0.05) is 14.2 Å². The minimum absolute atomic E-state index is 0. The van der Waals surface area contributed by atoms with Gasteiger partial charge >= 0.3 is 5.97 Å². The molecule has 0 saturated carbocycles. The summed E-state index contributed by atoms with van der Waals surface area (Å²) in [6, 6.07) is 0. The lowest BCUT2D eigenvalue weighted by Crippen LogP contribution is -2.02. The molecule has 0 heterocycles. The number of carboxylic acid groups (broad SMARTS) is 1. The summed E-state index contributed by atoms with van der Waals surface area (Å²) in [7, 11) is 2.89. The molecule has 76 valence electrons. The standard InChI is InChI=1S/C3H6O3.C3H8O2.H2O/c1-6-2-3(4)5;1-5-3-2-4;/h2H2,1H3,(H,4,5);4H,2-3H2,1H3;1H2. The first kappa shape index (κ1) is 17.4. The van der Waals surface area contributed by atoms with Crippen LogP contribution in [-0.4, -0.2) is 55.7 Å². The van der Waals surface area contributed by atoms with Crippen molar-refractivity contribution in [1.29, 1.82) is 0 Å². The van der Waals surface area contributed by atoms with Crippen LogP contribution < -0.4 is 0 Å². The van der Waals surface area contributed by atoms with Gasteiger partial charge in [0.1, 0.15) is 6.61 Å². The van der Waals surface area contributed by atoms with Gasteiger partial charge in [-0.05, 0) is 0 Å². The Morgan fingerprint density at radius 3 is 1.83 bits per heavy atom. The maximum atomic E-state index is 9.47. The van der Waals surface area contributed by atoms with E-state index in [1.807, 2.05) is 0 Å². The minimum Gasteiger partial charge on any atom is -0.480 e. The summed E-state index contributed by atoms with van der Waals surface area (Å²) < 4.78 is 8.64. The van der Waals surface area contributed by atoms with Gasteiger partial charge in [-0.25, -0.2) is 4.79 Å². The number of aliphatic hydroxyl groups is 1. The largest absolute Gasteiger partial charge is 0.480 e. The van der Waals surface area contributed by atoms with Gasteiger partial charge < -0.3 is 25.2 Å². The molecule has 0 saturated heterocycles. The van der Waals surface area contributed by atoms with Crippen molar-refractivity contribution < 1.29 is 30.0 Å². The van der Waals surface area contributed by atoms with Gasteiger partial charge in [0.05, 0.1) is 13.2 Å². The molecule has 0 spiro atoms. The molecule has 0 aromatic carbocycles. The Labute approximate surface area is 71.0 Å². The number of ether oxygens (including phenoxy) is 2. The predicted molar refractivity (Wildman–Crippen MR) is 42.1 cm³/mol. The van der Waals surface area contributed by atoms with Gasteiger partial charge in [-0.1, -0.05) is 0 Å². The first-order valence-electron chi connectivity index (χ1n) is 2.99. The lowest BCUT2D eigenvalue weighted by Gasteiger charge is -1.84. The maximum Gasteiger partial charge on any atom is 0.329 e. The van der Waals surface area contributed by atoms with Crippen molar-refractivity contribution >= 4 is 5.97 Å². The SMILES string of the molecule is COCC(=O)O.COCCO.O. The number of rotatable bonds is 4. The third kappa shape index (κ3) is 34.6. The van der Waals surface area contributed by atoms with E-state index in [0.29, 0.717) is 6.61 Å². The van der Waals surface area contributed by atoms with Crippen LogP contribution >= 0.6 is 0 Å². The molecule has 0 bridgehead atoms. The molecule has 0 amide bonds. The van der Waals surface area contributed by atoms with Crippen molar-refractivity contribution in [1.82, 2.24) is 0 Å². The van der Waals surface area contributed by atoms with E-state index in [9.17, 15) is 4.79 Å². The van der Waals surface area contributed by atoms with Crippen LogP contribution in [0.15, 0.2) is 0 Å². The molecule has 0 rings (SSSR count). The fourth-order valence-electron chi connectivity index (χ4n) is 0.215. The zero-order chi connectivity index (χ0) is 9.11. The Balaban J connectivity index is -0.000000126. The van der Waals surface area contributed by atoms with E-state index in [0.717, 1.165) is 0 Å². The van der Waals surface area contributed by atoms with E-state index < -0.39 is 5.97 Å². The Morgan fingerprint density at radius 2 is 1.83 bits per heavy atom.